The van der Waals surface area contributed by atoms with Crippen LogP contribution in [0, 0.1) is 11.3 Å². The molecule has 5 nitrogen and oxygen atoms in total. The van der Waals surface area contributed by atoms with Crippen LogP contribution in [0.5, 0.6) is 5.75 Å². The van der Waals surface area contributed by atoms with Crippen molar-refractivity contribution in [3.05, 3.63) is 39.8 Å². The standard InChI is InChI=1S/C19H17F2NO4S/c1-24-10-26-15-7-11(3-4-13(15)18(23)25-2)17-14-8-19(20,21)6-5-12(14)16(9-22)27-17/h3-4,7H,5-6,8,10H2,1-2H3. The largest absolute Gasteiger partial charge is 0.467 e. The van der Waals surface area contributed by atoms with Gasteiger partial charge in [-0.05, 0) is 35.2 Å². The maximum Gasteiger partial charge on any atom is 0.341 e. The van der Waals surface area contributed by atoms with Gasteiger partial charge >= 0.3 is 5.97 Å². The highest BCUT2D eigenvalue weighted by Gasteiger charge is 2.38. The number of nitriles is 1. The molecule has 0 saturated carbocycles. The zero-order valence-electron chi connectivity index (χ0n) is 14.8. The van der Waals surface area contributed by atoms with Crippen LogP contribution in [-0.4, -0.2) is 32.9 Å². The molecular weight excluding hydrogens is 376 g/mol. The number of carbonyl (C=O) groups excluding carboxylic acids is 1. The number of benzene rings is 1. The minimum Gasteiger partial charge on any atom is -0.467 e. The maximum absolute atomic E-state index is 14.0. The van der Waals surface area contributed by atoms with Crippen LogP contribution >= 0.6 is 11.3 Å². The van der Waals surface area contributed by atoms with E-state index in [0.29, 0.717) is 26.4 Å². The summed E-state index contributed by atoms with van der Waals surface area (Å²) in [5, 5.41) is 9.37. The summed E-state index contributed by atoms with van der Waals surface area (Å²) in [6.45, 7) is -0.0858. The third-order valence-corrected chi connectivity index (χ3v) is 5.60. The Kier molecular flexibility index (Phi) is 5.44. The molecule has 0 radical (unpaired) electrons. The Morgan fingerprint density at radius 1 is 1.33 bits per heavy atom. The van der Waals surface area contributed by atoms with E-state index in [4.69, 9.17) is 14.2 Å². The molecule has 8 heteroatoms. The Bertz CT molecular complexity index is 917. The third-order valence-electron chi connectivity index (χ3n) is 4.38. The number of methoxy groups -OCH3 is 2. The number of fused-ring (bicyclic) bond motifs is 1. The van der Waals surface area contributed by atoms with Gasteiger partial charge in [-0.1, -0.05) is 6.07 Å². The molecule has 1 aliphatic rings. The first-order valence-corrected chi connectivity index (χ1v) is 8.98. The second kappa shape index (κ2) is 7.62. The molecular formula is C19H17F2NO4S. The second-order valence-corrected chi connectivity index (χ2v) is 7.14. The molecule has 1 aliphatic carbocycles. The highest BCUT2D eigenvalue weighted by molar-refractivity contribution is 7.16. The average molecular weight is 393 g/mol. The van der Waals surface area contributed by atoms with Gasteiger partial charge in [-0.3, -0.25) is 0 Å². The lowest BCUT2D eigenvalue weighted by molar-refractivity contribution is -0.0119. The van der Waals surface area contributed by atoms with Crippen molar-refractivity contribution < 1.29 is 27.8 Å². The number of thiophene rings is 1. The maximum atomic E-state index is 14.0. The van der Waals surface area contributed by atoms with Gasteiger partial charge in [0.1, 0.15) is 22.3 Å². The fraction of sp³-hybridized carbons (Fsp3) is 0.368. The number of ether oxygens (including phenoxy) is 3. The van der Waals surface area contributed by atoms with Crippen molar-refractivity contribution in [2.24, 2.45) is 0 Å². The fourth-order valence-electron chi connectivity index (χ4n) is 3.11. The molecule has 0 atom stereocenters. The summed E-state index contributed by atoms with van der Waals surface area (Å²) in [6, 6.07) is 6.86. The summed E-state index contributed by atoms with van der Waals surface area (Å²) < 4.78 is 43.0. The molecule has 2 aromatic rings. The Labute approximate surface area is 159 Å². The summed E-state index contributed by atoms with van der Waals surface area (Å²) in [4.78, 5) is 13.0. The van der Waals surface area contributed by atoms with Crippen molar-refractivity contribution in [1.82, 2.24) is 0 Å². The first-order valence-electron chi connectivity index (χ1n) is 8.17. The van der Waals surface area contributed by atoms with Gasteiger partial charge < -0.3 is 14.2 Å². The van der Waals surface area contributed by atoms with Crippen molar-refractivity contribution in [3.63, 3.8) is 0 Å². The van der Waals surface area contributed by atoms with Crippen LogP contribution in [0.3, 0.4) is 0 Å². The second-order valence-electron chi connectivity index (χ2n) is 6.12. The number of carbonyl (C=O) groups is 1. The zero-order chi connectivity index (χ0) is 19.6. The van der Waals surface area contributed by atoms with Crippen molar-refractivity contribution in [1.29, 1.82) is 5.26 Å². The van der Waals surface area contributed by atoms with Gasteiger partial charge in [-0.25, -0.2) is 13.6 Å². The Hall–Kier alpha value is -2.50. The molecule has 0 amide bonds. The molecule has 0 spiro atoms. The van der Waals surface area contributed by atoms with Crippen LogP contribution < -0.4 is 4.74 Å². The van der Waals surface area contributed by atoms with Crippen LogP contribution in [-0.2, 0) is 22.3 Å². The van der Waals surface area contributed by atoms with Crippen molar-refractivity contribution >= 4 is 17.3 Å². The number of hydrogen-bond acceptors (Lipinski definition) is 6. The molecule has 0 unspecified atom stereocenters. The molecule has 3 rings (SSSR count). The van der Waals surface area contributed by atoms with E-state index in [0.717, 1.165) is 0 Å². The summed E-state index contributed by atoms with van der Waals surface area (Å²) in [6.07, 6.45) is -0.480. The van der Waals surface area contributed by atoms with Gasteiger partial charge in [0.15, 0.2) is 6.79 Å². The minimum absolute atomic E-state index is 0.0858. The van der Waals surface area contributed by atoms with Gasteiger partial charge in [-0.2, -0.15) is 5.26 Å². The molecule has 1 aromatic heterocycles. The summed E-state index contributed by atoms with van der Waals surface area (Å²) in [7, 11) is 2.70. The van der Waals surface area contributed by atoms with E-state index in [1.165, 1.54) is 31.6 Å². The summed E-state index contributed by atoms with van der Waals surface area (Å²) in [5.74, 6) is -3.15. The van der Waals surface area contributed by atoms with Crippen LogP contribution in [0.4, 0.5) is 8.78 Å². The first kappa shape index (κ1) is 19.3. The SMILES string of the molecule is COCOc1cc(-c2sc(C#N)c3c2CC(F)(F)CC3)ccc1C(=O)OC. The number of halogens is 2. The zero-order valence-corrected chi connectivity index (χ0v) is 15.6. The van der Waals surface area contributed by atoms with Gasteiger partial charge in [0.2, 0.25) is 0 Å². The predicted octanol–water partition coefficient (Wildman–Crippen LogP) is 4.18. The lowest BCUT2D eigenvalue weighted by Crippen LogP contribution is -2.25. The van der Waals surface area contributed by atoms with Gasteiger partial charge in [0.05, 0.1) is 7.11 Å². The van der Waals surface area contributed by atoms with Crippen LogP contribution in [0.1, 0.15) is 32.8 Å². The lowest BCUT2D eigenvalue weighted by atomic mass is 9.88. The Balaban J connectivity index is 2.10. The molecule has 1 aromatic carbocycles. The van der Waals surface area contributed by atoms with E-state index in [9.17, 15) is 18.8 Å². The molecule has 0 saturated heterocycles. The van der Waals surface area contributed by atoms with Gasteiger partial charge in [-0.15, -0.1) is 11.3 Å². The minimum atomic E-state index is -2.79. The molecule has 0 bridgehead atoms. The van der Waals surface area contributed by atoms with Crippen molar-refractivity contribution in [3.8, 4) is 22.3 Å². The monoisotopic (exact) mass is 393 g/mol. The number of rotatable bonds is 5. The van der Waals surface area contributed by atoms with Crippen molar-refractivity contribution in [2.45, 2.75) is 25.2 Å². The number of esters is 1. The van der Waals surface area contributed by atoms with Crippen LogP contribution in [0.25, 0.3) is 10.4 Å². The van der Waals surface area contributed by atoms with Crippen molar-refractivity contribution in [2.75, 3.05) is 21.0 Å². The summed E-state index contributed by atoms with van der Waals surface area (Å²) in [5.41, 5.74) is 2.00. The van der Waals surface area contributed by atoms with Crippen LogP contribution in [0.15, 0.2) is 18.2 Å². The van der Waals surface area contributed by atoms with E-state index >= 15 is 0 Å². The smallest absolute Gasteiger partial charge is 0.341 e. The van der Waals surface area contributed by atoms with E-state index in [2.05, 4.69) is 6.07 Å². The molecule has 1 heterocycles. The quantitative estimate of drug-likeness (QED) is 0.563. The predicted molar refractivity (Wildman–Crippen MR) is 95.3 cm³/mol. The molecule has 0 N–H and O–H groups in total. The van der Waals surface area contributed by atoms with Gasteiger partial charge in [0, 0.05) is 24.8 Å². The Morgan fingerprint density at radius 2 is 2.11 bits per heavy atom. The van der Waals surface area contributed by atoms with E-state index in [1.54, 1.807) is 12.1 Å². The normalized spacial score (nSPS) is 14.9. The first-order chi connectivity index (χ1) is 12.9. The Morgan fingerprint density at radius 3 is 2.78 bits per heavy atom. The highest BCUT2D eigenvalue weighted by Crippen LogP contribution is 2.45. The summed E-state index contributed by atoms with van der Waals surface area (Å²) >= 11 is 1.18. The molecule has 0 fully saturated rings. The number of nitrogens with zero attached hydrogens (tertiary/aromatic N) is 1. The topological polar surface area (TPSA) is 68.5 Å². The highest BCUT2D eigenvalue weighted by atomic mass is 32.1. The molecule has 27 heavy (non-hydrogen) atoms. The van der Waals surface area contributed by atoms with E-state index in [1.807, 2.05) is 0 Å². The lowest BCUT2D eigenvalue weighted by Gasteiger charge is -2.23. The molecule has 142 valence electrons. The third kappa shape index (κ3) is 3.80. The van der Waals surface area contributed by atoms with Gasteiger partial charge in [0.25, 0.3) is 5.92 Å². The molecule has 0 aliphatic heterocycles. The van der Waals surface area contributed by atoms with Crippen LogP contribution in [0.2, 0.25) is 0 Å². The van der Waals surface area contributed by atoms with E-state index < -0.39 is 18.3 Å². The number of hydrogen-bond donors (Lipinski definition) is 0. The van der Waals surface area contributed by atoms with E-state index in [-0.39, 0.29) is 30.9 Å². The number of alkyl halides is 2. The average Bonchev–Trinajstić information content (AvgIpc) is 3.02. The fourth-order valence-corrected chi connectivity index (χ4v) is 4.27.